The lowest BCUT2D eigenvalue weighted by molar-refractivity contribution is 0.232. The summed E-state index contributed by atoms with van der Waals surface area (Å²) in [6.07, 6.45) is 4.91. The number of H-pyrrole nitrogens is 2. The molecule has 0 bridgehead atoms. The summed E-state index contributed by atoms with van der Waals surface area (Å²) in [6, 6.07) is 9.45. The van der Waals surface area contributed by atoms with E-state index in [2.05, 4.69) is 54.1 Å². The largest absolute Gasteiger partial charge is 0.421 e. The molecule has 3 aromatic heterocycles. The Bertz CT molecular complexity index is 1410. The number of anilines is 3. The van der Waals surface area contributed by atoms with Crippen LogP contribution >= 0.6 is 0 Å². The molecule has 194 valence electrons. The third-order valence-corrected chi connectivity index (χ3v) is 6.75. The molecule has 1 aliphatic rings. The number of aryl methyl sites for hydroxylation is 1. The molecule has 1 aromatic carbocycles. The summed E-state index contributed by atoms with van der Waals surface area (Å²) in [5, 5.41) is 11.0. The number of ether oxygens (including phenoxy) is 1. The number of nitrogens with one attached hydrogen (secondary N) is 3. The van der Waals surface area contributed by atoms with E-state index in [1.165, 1.54) is 0 Å². The van der Waals surface area contributed by atoms with Gasteiger partial charge in [0.05, 0.1) is 5.69 Å². The predicted molar refractivity (Wildman–Crippen MR) is 145 cm³/mol. The van der Waals surface area contributed by atoms with Crippen LogP contribution in [0, 0.1) is 12.7 Å². The molecule has 1 saturated heterocycles. The van der Waals surface area contributed by atoms with Crippen LogP contribution in [0.25, 0.3) is 17.0 Å². The maximum Gasteiger partial charge on any atom is 0.326 e. The molecule has 3 N–H and O–H groups in total. The molecule has 1 unspecified atom stereocenters. The molecule has 1 aliphatic heterocycles. The maximum atomic E-state index is 15.3. The van der Waals surface area contributed by atoms with Gasteiger partial charge < -0.3 is 19.9 Å². The average molecular weight is 505 g/mol. The zero-order valence-corrected chi connectivity index (χ0v) is 21.7. The summed E-state index contributed by atoms with van der Waals surface area (Å²) >= 11 is 0. The molecule has 5 rings (SSSR count). The molecule has 0 radical (unpaired) electrons. The van der Waals surface area contributed by atoms with Crippen molar-refractivity contribution < 1.29 is 9.13 Å². The van der Waals surface area contributed by atoms with Gasteiger partial charge in [0.25, 0.3) is 0 Å². The number of aromatic nitrogens is 5. The first-order valence-corrected chi connectivity index (χ1v) is 12.8. The van der Waals surface area contributed by atoms with Crippen molar-refractivity contribution >= 4 is 34.4 Å². The quantitative estimate of drug-likeness (QED) is 0.272. The topological polar surface area (TPSA) is 98.0 Å². The van der Waals surface area contributed by atoms with E-state index < -0.39 is 5.82 Å². The molecule has 0 amide bonds. The standard InChI is InChI=1S/C27H33FN8O/c1-5-8-18-14-24(34-33-18)30-23-15-25(36-12-11-19(16-36)35(6-2)7-3)32-27(31-23)37-22-10-9-21-20(26(22)28)13-17(4)29-21/h5,8-10,13-15,19,29H,6-7,11-12,16H2,1-4H3,(H2,30,31,32,33,34)/b8-5+. The molecule has 1 atom stereocenters. The molecule has 0 spiro atoms. The van der Waals surface area contributed by atoms with Gasteiger partial charge in [-0.3, -0.25) is 10.00 Å². The average Bonchev–Trinajstić information content (AvgIpc) is 3.62. The fourth-order valence-corrected chi connectivity index (χ4v) is 4.93. The number of likely N-dealkylation sites (N-methyl/N-ethyl adjacent to an activating group) is 1. The molecule has 0 aliphatic carbocycles. The summed E-state index contributed by atoms with van der Waals surface area (Å²) in [5.41, 5.74) is 2.47. The lowest BCUT2D eigenvalue weighted by atomic mass is 10.2. The fourth-order valence-electron chi connectivity index (χ4n) is 4.93. The molecule has 10 heteroatoms. The van der Waals surface area contributed by atoms with Crippen molar-refractivity contribution in [2.75, 3.05) is 36.4 Å². The molecule has 4 aromatic rings. The SMILES string of the molecule is C/C=C/c1cc(Nc2cc(N3CCC(N(CC)CC)C3)nc(Oc3ccc4[nH]c(C)cc4c3F)n2)n[nH]1. The van der Waals surface area contributed by atoms with Gasteiger partial charge in [-0.2, -0.15) is 15.1 Å². The summed E-state index contributed by atoms with van der Waals surface area (Å²) in [4.78, 5) is 17.1. The second-order valence-corrected chi connectivity index (χ2v) is 9.23. The van der Waals surface area contributed by atoms with Crippen molar-refractivity contribution in [1.82, 2.24) is 30.0 Å². The van der Waals surface area contributed by atoms with E-state index in [9.17, 15) is 0 Å². The van der Waals surface area contributed by atoms with Crippen LogP contribution in [0.4, 0.5) is 21.8 Å². The molecular weight excluding hydrogens is 471 g/mol. The number of halogens is 1. The van der Waals surface area contributed by atoms with Crippen LogP contribution in [0.15, 0.2) is 36.4 Å². The van der Waals surface area contributed by atoms with E-state index in [-0.39, 0.29) is 11.8 Å². The second-order valence-electron chi connectivity index (χ2n) is 9.23. The zero-order chi connectivity index (χ0) is 25.9. The number of hydrogen-bond acceptors (Lipinski definition) is 7. The Morgan fingerprint density at radius 2 is 2.03 bits per heavy atom. The van der Waals surface area contributed by atoms with Crippen LogP contribution in [0.5, 0.6) is 11.8 Å². The number of nitrogens with zero attached hydrogens (tertiary/aromatic N) is 5. The van der Waals surface area contributed by atoms with Gasteiger partial charge in [-0.05, 0) is 57.6 Å². The van der Waals surface area contributed by atoms with Crippen LogP contribution in [0.3, 0.4) is 0 Å². The van der Waals surface area contributed by atoms with E-state index in [0.29, 0.717) is 28.6 Å². The minimum Gasteiger partial charge on any atom is -0.421 e. The van der Waals surface area contributed by atoms with E-state index in [0.717, 1.165) is 49.8 Å². The van der Waals surface area contributed by atoms with Crippen LogP contribution in [0.2, 0.25) is 0 Å². The van der Waals surface area contributed by atoms with Crippen LogP contribution in [-0.2, 0) is 0 Å². The maximum absolute atomic E-state index is 15.3. The second kappa shape index (κ2) is 10.6. The summed E-state index contributed by atoms with van der Waals surface area (Å²) in [7, 11) is 0. The van der Waals surface area contributed by atoms with Gasteiger partial charge in [0.15, 0.2) is 17.4 Å². The van der Waals surface area contributed by atoms with E-state index in [4.69, 9.17) is 4.74 Å². The van der Waals surface area contributed by atoms with Gasteiger partial charge >= 0.3 is 6.01 Å². The van der Waals surface area contributed by atoms with Crippen molar-refractivity contribution in [3.8, 4) is 11.8 Å². The van der Waals surface area contributed by atoms with Gasteiger partial charge in [-0.1, -0.05) is 19.9 Å². The Hall–Kier alpha value is -3.92. The van der Waals surface area contributed by atoms with E-state index >= 15 is 4.39 Å². The summed E-state index contributed by atoms with van der Waals surface area (Å²) in [5.74, 6) is 1.49. The van der Waals surface area contributed by atoms with Crippen LogP contribution in [0.1, 0.15) is 38.6 Å². The summed E-state index contributed by atoms with van der Waals surface area (Å²) < 4.78 is 21.2. The highest BCUT2D eigenvalue weighted by Crippen LogP contribution is 2.32. The number of rotatable bonds is 9. The van der Waals surface area contributed by atoms with Crippen molar-refractivity contribution in [1.29, 1.82) is 0 Å². The van der Waals surface area contributed by atoms with E-state index in [1.807, 2.05) is 38.1 Å². The van der Waals surface area contributed by atoms with Crippen molar-refractivity contribution in [3.63, 3.8) is 0 Å². The third kappa shape index (κ3) is 5.29. The zero-order valence-electron chi connectivity index (χ0n) is 21.7. The smallest absolute Gasteiger partial charge is 0.326 e. The monoisotopic (exact) mass is 504 g/mol. The first-order chi connectivity index (χ1) is 18.0. The molecule has 4 heterocycles. The Balaban J connectivity index is 1.46. The Morgan fingerprint density at radius 1 is 1.19 bits per heavy atom. The van der Waals surface area contributed by atoms with Gasteiger partial charge in [0, 0.05) is 47.9 Å². The van der Waals surface area contributed by atoms with Crippen molar-refractivity contribution in [3.05, 3.63) is 53.6 Å². The van der Waals surface area contributed by atoms with Crippen LogP contribution < -0.4 is 15.0 Å². The number of fused-ring (bicyclic) bond motifs is 1. The number of aromatic amines is 2. The lowest BCUT2D eigenvalue weighted by Crippen LogP contribution is -2.37. The molecule has 1 fully saturated rings. The third-order valence-electron chi connectivity index (χ3n) is 6.75. The van der Waals surface area contributed by atoms with Crippen LogP contribution in [-0.4, -0.2) is 62.3 Å². The first kappa shape index (κ1) is 24.8. The number of hydrogen-bond donors (Lipinski definition) is 3. The highest BCUT2D eigenvalue weighted by atomic mass is 19.1. The van der Waals surface area contributed by atoms with Gasteiger partial charge in [0.2, 0.25) is 0 Å². The highest BCUT2D eigenvalue weighted by molar-refractivity contribution is 5.82. The lowest BCUT2D eigenvalue weighted by Gasteiger charge is -2.26. The Morgan fingerprint density at radius 3 is 2.81 bits per heavy atom. The Kier molecular flexibility index (Phi) is 7.09. The van der Waals surface area contributed by atoms with Gasteiger partial charge in [0.1, 0.15) is 11.6 Å². The predicted octanol–water partition coefficient (Wildman–Crippen LogP) is 5.62. The highest BCUT2D eigenvalue weighted by Gasteiger charge is 2.28. The van der Waals surface area contributed by atoms with Crippen molar-refractivity contribution in [2.45, 2.75) is 40.2 Å². The summed E-state index contributed by atoms with van der Waals surface area (Å²) in [6.45, 7) is 12.0. The minimum absolute atomic E-state index is 0.0704. The molecule has 9 nitrogen and oxygen atoms in total. The van der Waals surface area contributed by atoms with E-state index in [1.54, 1.807) is 18.2 Å². The van der Waals surface area contributed by atoms with Gasteiger partial charge in [-0.15, -0.1) is 0 Å². The van der Waals surface area contributed by atoms with Gasteiger partial charge in [-0.25, -0.2) is 4.39 Å². The number of benzene rings is 1. The first-order valence-electron chi connectivity index (χ1n) is 12.8. The normalized spacial score (nSPS) is 15.9. The minimum atomic E-state index is -0.448. The van der Waals surface area contributed by atoms with Crippen molar-refractivity contribution in [2.24, 2.45) is 0 Å². The molecule has 37 heavy (non-hydrogen) atoms. The fraction of sp³-hybridized carbons (Fsp3) is 0.370. The molecular formula is C27H33FN8O. The molecule has 0 saturated carbocycles. The number of allylic oxidation sites excluding steroid dienone is 1. The Labute approximate surface area is 215 Å².